The number of hydrogen-bond acceptors (Lipinski definition) is 3. The summed E-state index contributed by atoms with van der Waals surface area (Å²) in [5, 5.41) is 2.80. The Labute approximate surface area is 216 Å². The van der Waals surface area contributed by atoms with Crippen molar-refractivity contribution in [3.05, 3.63) is 137 Å². The van der Waals surface area contributed by atoms with E-state index in [-0.39, 0.29) is 17.2 Å². The predicted octanol–water partition coefficient (Wildman–Crippen LogP) is 6.69. The van der Waals surface area contributed by atoms with E-state index < -0.39 is 0 Å². The van der Waals surface area contributed by atoms with Gasteiger partial charge < -0.3 is 4.57 Å². The Balaban J connectivity index is 1.35. The topological polar surface area (TPSA) is 56.9 Å². The van der Waals surface area contributed by atoms with Crippen LogP contribution in [-0.2, 0) is 0 Å². The van der Waals surface area contributed by atoms with Crippen molar-refractivity contribution in [2.45, 2.75) is 0 Å². The second-order valence-corrected chi connectivity index (χ2v) is 9.57. The maximum absolute atomic E-state index is 13.6. The molecule has 5 aromatic carbocycles. The molecular weight excluding hydrogens is 470 g/mol. The summed E-state index contributed by atoms with van der Waals surface area (Å²) < 4.78 is 3.73. The van der Waals surface area contributed by atoms with Gasteiger partial charge >= 0.3 is 0 Å². The Kier molecular flexibility index (Phi) is 4.17. The maximum atomic E-state index is 13.6. The molecule has 1 aliphatic heterocycles. The van der Waals surface area contributed by atoms with Crippen LogP contribution in [-0.4, -0.2) is 19.9 Å². The third kappa shape index (κ3) is 2.78. The molecule has 0 N–H and O–H groups in total. The third-order valence-corrected chi connectivity index (χ3v) is 7.48. The zero-order chi connectivity index (χ0) is 25.4. The largest absolute Gasteiger partial charge is 0.309 e. The van der Waals surface area contributed by atoms with E-state index in [1.165, 1.54) is 9.95 Å². The predicted molar refractivity (Wildman–Crippen MR) is 151 cm³/mol. The minimum Gasteiger partial charge on any atom is -0.309 e. The zero-order valence-corrected chi connectivity index (χ0v) is 20.1. The smallest absolute Gasteiger partial charge is 0.266 e. The lowest BCUT2D eigenvalue weighted by Gasteiger charge is -2.09. The molecule has 0 bridgehead atoms. The summed E-state index contributed by atoms with van der Waals surface area (Å²) in [5.41, 5.74) is 6.70. The quantitative estimate of drug-likeness (QED) is 0.272. The lowest BCUT2D eigenvalue weighted by Crippen LogP contribution is -2.21. The summed E-state index contributed by atoms with van der Waals surface area (Å²) in [5.74, 6) is -0.0458. The van der Waals surface area contributed by atoms with Gasteiger partial charge in [-0.3, -0.25) is 14.2 Å². The number of carbonyl (C=O) groups is 1. The van der Waals surface area contributed by atoms with Gasteiger partial charge in [-0.15, -0.1) is 0 Å². The number of aromatic nitrogens is 3. The number of para-hydroxylation sites is 3. The molecule has 178 valence electrons. The van der Waals surface area contributed by atoms with Gasteiger partial charge in [0.15, 0.2) is 5.82 Å². The molecule has 5 heteroatoms. The first-order valence-electron chi connectivity index (χ1n) is 12.5. The Morgan fingerprint density at radius 1 is 0.553 bits per heavy atom. The van der Waals surface area contributed by atoms with E-state index in [1.54, 1.807) is 18.2 Å². The molecule has 38 heavy (non-hydrogen) atoms. The molecule has 0 saturated carbocycles. The third-order valence-electron chi connectivity index (χ3n) is 7.48. The highest BCUT2D eigenvalue weighted by Crippen LogP contribution is 2.35. The average Bonchev–Trinajstić information content (AvgIpc) is 3.45. The van der Waals surface area contributed by atoms with Crippen LogP contribution < -0.4 is 5.56 Å². The summed E-state index contributed by atoms with van der Waals surface area (Å²) in [6, 6.07) is 38.1. The molecule has 7 aromatic rings. The van der Waals surface area contributed by atoms with Crippen LogP contribution in [0.5, 0.6) is 0 Å². The lowest BCUT2D eigenvalue weighted by atomic mass is 10.0. The second kappa shape index (κ2) is 7.60. The van der Waals surface area contributed by atoms with Gasteiger partial charge in [-0.25, -0.2) is 4.98 Å². The van der Waals surface area contributed by atoms with E-state index in [0.29, 0.717) is 22.2 Å². The molecule has 0 saturated heterocycles. The Morgan fingerprint density at radius 2 is 1.24 bits per heavy atom. The number of hydrogen-bond donors (Lipinski definition) is 0. The molecule has 0 radical (unpaired) electrons. The summed E-state index contributed by atoms with van der Waals surface area (Å²) in [6.45, 7) is 0. The van der Waals surface area contributed by atoms with Crippen LogP contribution >= 0.6 is 0 Å². The van der Waals surface area contributed by atoms with Gasteiger partial charge in [0.05, 0.1) is 33.2 Å². The number of carbonyl (C=O) groups excluding carboxylic acids is 1. The monoisotopic (exact) mass is 489 g/mol. The molecule has 2 aromatic heterocycles. The van der Waals surface area contributed by atoms with Crippen molar-refractivity contribution in [1.82, 2.24) is 14.1 Å². The first-order valence-corrected chi connectivity index (χ1v) is 12.5. The fourth-order valence-corrected chi connectivity index (χ4v) is 5.73. The molecule has 5 nitrogen and oxygen atoms in total. The van der Waals surface area contributed by atoms with E-state index >= 15 is 0 Å². The fraction of sp³-hybridized carbons (Fsp3) is 0. The molecule has 8 rings (SSSR count). The van der Waals surface area contributed by atoms with E-state index in [2.05, 4.69) is 76.3 Å². The van der Waals surface area contributed by atoms with Gasteiger partial charge in [-0.05, 0) is 65.7 Å². The Hall–Kier alpha value is -5.29. The highest BCUT2D eigenvalue weighted by molar-refractivity contribution is 6.13. The summed E-state index contributed by atoms with van der Waals surface area (Å²) in [7, 11) is 0. The SMILES string of the molecule is O=C1c2ccccc2-n2c1nc1ccc(-c3ccc4c(c3)c3ccccc3n4-c3ccccc3)cc1c2=O. The molecule has 0 aliphatic carbocycles. The molecule has 0 spiro atoms. The van der Waals surface area contributed by atoms with Crippen molar-refractivity contribution in [3.8, 4) is 22.5 Å². The van der Waals surface area contributed by atoms with Crippen molar-refractivity contribution in [3.63, 3.8) is 0 Å². The first kappa shape index (κ1) is 20.9. The number of nitrogens with zero attached hydrogens (tertiary/aromatic N) is 3. The van der Waals surface area contributed by atoms with Crippen molar-refractivity contribution in [2.75, 3.05) is 0 Å². The van der Waals surface area contributed by atoms with Gasteiger partial charge in [0, 0.05) is 16.5 Å². The first-order chi connectivity index (χ1) is 18.7. The van der Waals surface area contributed by atoms with Crippen LogP contribution in [0.15, 0.2) is 120 Å². The van der Waals surface area contributed by atoms with E-state index in [1.807, 2.05) is 30.3 Å². The fourth-order valence-electron chi connectivity index (χ4n) is 5.73. The summed E-state index contributed by atoms with van der Waals surface area (Å²) in [6.07, 6.45) is 0. The van der Waals surface area contributed by atoms with Crippen molar-refractivity contribution >= 4 is 38.5 Å². The molecule has 0 fully saturated rings. The van der Waals surface area contributed by atoms with Crippen molar-refractivity contribution < 1.29 is 4.79 Å². The Morgan fingerprint density at radius 3 is 2.11 bits per heavy atom. The van der Waals surface area contributed by atoms with Crippen LogP contribution in [0.25, 0.3) is 55.2 Å². The van der Waals surface area contributed by atoms with Gasteiger partial charge in [-0.2, -0.15) is 0 Å². The van der Waals surface area contributed by atoms with E-state index in [4.69, 9.17) is 0 Å². The average molecular weight is 490 g/mol. The molecule has 0 unspecified atom stereocenters. The minimum atomic E-state index is -0.230. The highest BCUT2D eigenvalue weighted by Gasteiger charge is 2.29. The van der Waals surface area contributed by atoms with E-state index in [9.17, 15) is 9.59 Å². The van der Waals surface area contributed by atoms with Crippen LogP contribution in [0.3, 0.4) is 0 Å². The zero-order valence-electron chi connectivity index (χ0n) is 20.1. The summed E-state index contributed by atoms with van der Waals surface area (Å²) >= 11 is 0. The number of fused-ring (bicyclic) bond motifs is 7. The molecular formula is C33H19N3O2. The van der Waals surface area contributed by atoms with Gasteiger partial charge in [-0.1, -0.05) is 60.7 Å². The van der Waals surface area contributed by atoms with Gasteiger partial charge in [0.1, 0.15) is 0 Å². The standard InChI is InChI=1S/C33H19N3O2/c37-31-24-11-5-7-13-29(24)36-32(31)34-27-16-14-20(19-26(27)33(36)38)21-15-17-30-25(18-21)23-10-4-6-12-28(23)35(30)22-8-2-1-3-9-22/h1-19H. The van der Waals surface area contributed by atoms with Gasteiger partial charge in [0.25, 0.3) is 5.56 Å². The second-order valence-electron chi connectivity index (χ2n) is 9.57. The molecule has 1 aliphatic rings. The van der Waals surface area contributed by atoms with Crippen LogP contribution in [0.1, 0.15) is 16.2 Å². The van der Waals surface area contributed by atoms with Crippen LogP contribution in [0, 0.1) is 0 Å². The van der Waals surface area contributed by atoms with Gasteiger partial charge in [0.2, 0.25) is 5.78 Å². The number of ketones is 1. The van der Waals surface area contributed by atoms with Crippen molar-refractivity contribution in [1.29, 1.82) is 0 Å². The normalized spacial score (nSPS) is 12.4. The van der Waals surface area contributed by atoms with Crippen molar-refractivity contribution in [2.24, 2.45) is 0 Å². The van der Waals surface area contributed by atoms with E-state index in [0.717, 1.165) is 33.2 Å². The van der Waals surface area contributed by atoms with Crippen LogP contribution in [0.2, 0.25) is 0 Å². The molecule has 3 heterocycles. The Bertz CT molecular complexity index is 2170. The molecule has 0 amide bonds. The highest BCUT2D eigenvalue weighted by atomic mass is 16.1. The maximum Gasteiger partial charge on any atom is 0.266 e. The number of benzene rings is 5. The molecule has 0 atom stereocenters. The minimum absolute atomic E-state index is 0.173. The lowest BCUT2D eigenvalue weighted by molar-refractivity contribution is 0.103. The number of rotatable bonds is 2. The summed E-state index contributed by atoms with van der Waals surface area (Å²) in [4.78, 5) is 31.1. The van der Waals surface area contributed by atoms with Crippen LogP contribution in [0.4, 0.5) is 0 Å².